The minimum absolute atomic E-state index is 0.590. The molecule has 0 amide bonds. The van der Waals surface area contributed by atoms with Crippen LogP contribution in [0.5, 0.6) is 0 Å². The minimum atomic E-state index is -0.949. The van der Waals surface area contributed by atoms with Crippen molar-refractivity contribution in [2.24, 2.45) is 0 Å². The fourth-order valence-corrected chi connectivity index (χ4v) is 2.94. The molecule has 0 fully saturated rings. The van der Waals surface area contributed by atoms with Crippen LogP contribution in [0.1, 0.15) is 25.1 Å². The second kappa shape index (κ2) is 4.43. The summed E-state index contributed by atoms with van der Waals surface area (Å²) in [6.07, 6.45) is 1.80. The van der Waals surface area contributed by atoms with Gasteiger partial charge in [-0.15, -0.1) is 16.4 Å². The summed E-state index contributed by atoms with van der Waals surface area (Å²) >= 11 is 1.73. The van der Waals surface area contributed by atoms with Crippen LogP contribution in [0, 0.1) is 0 Å². The lowest BCUT2D eigenvalue weighted by molar-refractivity contribution is 0.0737. The number of fused-ring (bicyclic) bond motifs is 1. The molecule has 0 saturated heterocycles. The van der Waals surface area contributed by atoms with Crippen molar-refractivity contribution in [3.8, 4) is 0 Å². The molecule has 4 nitrogen and oxygen atoms in total. The number of hydrogen-bond acceptors (Lipinski definition) is 4. The summed E-state index contributed by atoms with van der Waals surface area (Å²) in [5.74, 6) is 0. The van der Waals surface area contributed by atoms with Crippen LogP contribution in [0.15, 0.2) is 35.8 Å². The van der Waals surface area contributed by atoms with Crippen molar-refractivity contribution in [3.63, 3.8) is 0 Å². The van der Waals surface area contributed by atoms with Crippen molar-refractivity contribution in [1.29, 1.82) is 0 Å². The highest BCUT2D eigenvalue weighted by Gasteiger charge is 2.20. The van der Waals surface area contributed by atoms with Crippen molar-refractivity contribution in [2.45, 2.75) is 26.0 Å². The van der Waals surface area contributed by atoms with Crippen LogP contribution in [0.3, 0.4) is 0 Å². The number of nitrogens with zero attached hydrogens (tertiary/aromatic N) is 3. The molecule has 2 heterocycles. The Morgan fingerprint density at radius 1 is 1.32 bits per heavy atom. The summed E-state index contributed by atoms with van der Waals surface area (Å²) in [6.45, 7) is 4.09. The third-order valence-corrected chi connectivity index (χ3v) is 4.07. The second-order valence-corrected chi connectivity index (χ2v) is 6.03. The number of thiophene rings is 1. The average Bonchev–Trinajstić information content (AvgIpc) is 2.97. The summed E-state index contributed by atoms with van der Waals surface area (Å²) in [5.41, 5.74) is 0.870. The van der Waals surface area contributed by atoms with Crippen LogP contribution in [0.4, 0.5) is 0 Å². The van der Waals surface area contributed by atoms with E-state index in [0.29, 0.717) is 12.2 Å². The zero-order valence-corrected chi connectivity index (χ0v) is 11.7. The maximum absolute atomic E-state index is 9.89. The number of benzene rings is 1. The normalized spacial score (nSPS) is 12.2. The Kier molecular flexibility index (Phi) is 2.88. The van der Waals surface area contributed by atoms with Gasteiger partial charge in [-0.2, -0.15) is 0 Å². The number of aliphatic hydroxyl groups is 1. The topological polar surface area (TPSA) is 50.9 Å². The van der Waals surface area contributed by atoms with Crippen molar-refractivity contribution in [2.75, 3.05) is 0 Å². The summed E-state index contributed by atoms with van der Waals surface area (Å²) in [5, 5.41) is 21.4. The van der Waals surface area contributed by atoms with E-state index in [1.165, 1.54) is 15.6 Å². The number of hydrogen-bond donors (Lipinski definition) is 1. The number of aromatic nitrogens is 3. The van der Waals surface area contributed by atoms with Gasteiger partial charge in [-0.3, -0.25) is 0 Å². The van der Waals surface area contributed by atoms with Crippen molar-refractivity contribution in [1.82, 2.24) is 15.0 Å². The molecule has 5 heteroatoms. The third-order valence-electron chi connectivity index (χ3n) is 3.06. The molecule has 0 aliphatic carbocycles. The Morgan fingerprint density at radius 3 is 2.84 bits per heavy atom. The lowest BCUT2D eigenvalue weighted by Crippen LogP contribution is -2.15. The van der Waals surface area contributed by atoms with E-state index in [2.05, 4.69) is 27.8 Å². The van der Waals surface area contributed by atoms with Crippen LogP contribution in [-0.4, -0.2) is 20.1 Å². The smallest absolute Gasteiger partial charge is 0.114 e. The fourth-order valence-electron chi connectivity index (χ4n) is 1.99. The molecule has 98 valence electrons. The van der Waals surface area contributed by atoms with Crippen molar-refractivity contribution in [3.05, 3.63) is 47.1 Å². The van der Waals surface area contributed by atoms with Crippen LogP contribution >= 0.6 is 11.3 Å². The lowest BCUT2D eigenvalue weighted by Gasteiger charge is -2.11. The first kappa shape index (κ1) is 12.3. The molecule has 0 radical (unpaired) electrons. The van der Waals surface area contributed by atoms with Gasteiger partial charge in [0, 0.05) is 4.70 Å². The Labute approximate surface area is 115 Å². The molecular formula is C14H15N3OS. The van der Waals surface area contributed by atoms with Gasteiger partial charge < -0.3 is 5.11 Å². The second-order valence-electron chi connectivity index (χ2n) is 5.12. The zero-order valence-electron chi connectivity index (χ0n) is 10.9. The van der Waals surface area contributed by atoms with E-state index in [-0.39, 0.29) is 0 Å². The predicted molar refractivity (Wildman–Crippen MR) is 76.2 cm³/mol. The van der Waals surface area contributed by atoms with Gasteiger partial charge in [0.15, 0.2) is 0 Å². The molecule has 19 heavy (non-hydrogen) atoms. The summed E-state index contributed by atoms with van der Waals surface area (Å²) in [6, 6.07) is 8.33. The molecule has 3 aromatic rings. The Hall–Kier alpha value is -1.72. The van der Waals surface area contributed by atoms with Gasteiger partial charge in [0.2, 0.25) is 0 Å². The predicted octanol–water partition coefficient (Wildman–Crippen LogP) is 2.77. The van der Waals surface area contributed by atoms with Gasteiger partial charge in [-0.05, 0) is 36.2 Å². The minimum Gasteiger partial charge on any atom is -0.384 e. The molecule has 0 saturated carbocycles. The van der Waals surface area contributed by atoms with Gasteiger partial charge in [-0.1, -0.05) is 23.4 Å². The van der Waals surface area contributed by atoms with Crippen molar-refractivity contribution >= 4 is 21.4 Å². The van der Waals surface area contributed by atoms with E-state index in [0.717, 1.165) is 0 Å². The van der Waals surface area contributed by atoms with E-state index in [9.17, 15) is 5.11 Å². The molecule has 1 N–H and O–H groups in total. The standard InChI is InChI=1S/C14H15N3OS/c1-14(2,18)13-8-17(16-15-13)7-10-9-19-12-6-4-3-5-11(10)12/h3-6,8-9,18H,7H2,1-2H3. The molecule has 3 rings (SSSR count). The SMILES string of the molecule is CC(C)(O)c1cn(Cc2csc3ccccc23)nn1. The van der Waals surface area contributed by atoms with Gasteiger partial charge in [0.1, 0.15) is 11.3 Å². The Bertz CT molecular complexity index is 709. The van der Waals surface area contributed by atoms with E-state index >= 15 is 0 Å². The molecule has 0 bridgehead atoms. The molecule has 0 aliphatic heterocycles. The average molecular weight is 273 g/mol. The largest absolute Gasteiger partial charge is 0.384 e. The highest BCUT2D eigenvalue weighted by atomic mass is 32.1. The monoisotopic (exact) mass is 273 g/mol. The summed E-state index contributed by atoms with van der Waals surface area (Å²) in [4.78, 5) is 0. The third kappa shape index (κ3) is 2.39. The molecule has 0 aliphatic rings. The fraction of sp³-hybridized carbons (Fsp3) is 0.286. The maximum Gasteiger partial charge on any atom is 0.114 e. The quantitative estimate of drug-likeness (QED) is 0.798. The highest BCUT2D eigenvalue weighted by Crippen LogP contribution is 2.26. The van der Waals surface area contributed by atoms with Gasteiger partial charge in [0.25, 0.3) is 0 Å². The number of rotatable bonds is 3. The highest BCUT2D eigenvalue weighted by molar-refractivity contribution is 7.17. The summed E-state index contributed by atoms with van der Waals surface area (Å²) in [7, 11) is 0. The first-order chi connectivity index (χ1) is 9.04. The van der Waals surface area contributed by atoms with Crippen LogP contribution < -0.4 is 0 Å². The van der Waals surface area contributed by atoms with E-state index in [1.54, 1.807) is 36.1 Å². The summed E-state index contributed by atoms with van der Waals surface area (Å²) < 4.78 is 3.04. The maximum atomic E-state index is 9.89. The van der Waals surface area contributed by atoms with E-state index in [1.807, 2.05) is 12.1 Å². The first-order valence-corrected chi connectivity index (χ1v) is 7.00. The van der Waals surface area contributed by atoms with Gasteiger partial charge in [0.05, 0.1) is 12.7 Å². The Morgan fingerprint density at radius 2 is 2.11 bits per heavy atom. The lowest BCUT2D eigenvalue weighted by atomic mass is 10.1. The Balaban J connectivity index is 1.91. The molecule has 1 aromatic carbocycles. The molecule has 0 unspecified atom stereocenters. The van der Waals surface area contributed by atoms with Gasteiger partial charge >= 0.3 is 0 Å². The zero-order chi connectivity index (χ0) is 13.5. The molecule has 0 atom stereocenters. The van der Waals surface area contributed by atoms with E-state index in [4.69, 9.17) is 0 Å². The first-order valence-electron chi connectivity index (χ1n) is 6.12. The molecule has 0 spiro atoms. The van der Waals surface area contributed by atoms with E-state index < -0.39 is 5.60 Å². The molecule has 2 aromatic heterocycles. The van der Waals surface area contributed by atoms with Crippen LogP contribution in [0.25, 0.3) is 10.1 Å². The van der Waals surface area contributed by atoms with Crippen LogP contribution in [0.2, 0.25) is 0 Å². The molecular weight excluding hydrogens is 258 g/mol. The van der Waals surface area contributed by atoms with Gasteiger partial charge in [-0.25, -0.2) is 4.68 Å². The van der Waals surface area contributed by atoms with Crippen LogP contribution in [-0.2, 0) is 12.1 Å². The van der Waals surface area contributed by atoms with Crippen molar-refractivity contribution < 1.29 is 5.11 Å².